The van der Waals surface area contributed by atoms with Crippen LogP contribution in [0, 0.1) is 0 Å². The number of amides is 1. The van der Waals surface area contributed by atoms with E-state index in [1.165, 1.54) is 0 Å². The van der Waals surface area contributed by atoms with Crippen LogP contribution >= 0.6 is 0 Å². The molecule has 0 spiro atoms. The minimum atomic E-state index is -3.27. The Kier molecular flexibility index (Phi) is 5.92. The van der Waals surface area contributed by atoms with Crippen molar-refractivity contribution in [3.05, 3.63) is 96.2 Å². The number of nitrogens with zero attached hydrogens (tertiary/aromatic N) is 1. The molecule has 1 heterocycles. The van der Waals surface area contributed by atoms with Crippen LogP contribution in [0.25, 0.3) is 22.8 Å². The van der Waals surface area contributed by atoms with Crippen molar-refractivity contribution in [3.63, 3.8) is 0 Å². The third-order valence-electron chi connectivity index (χ3n) is 5.12. The highest BCUT2D eigenvalue weighted by atomic mass is 32.2. The zero-order valence-corrected chi connectivity index (χ0v) is 18.5. The predicted octanol–water partition coefficient (Wildman–Crippen LogP) is 4.90. The molecule has 0 aliphatic carbocycles. The van der Waals surface area contributed by atoms with Crippen molar-refractivity contribution >= 4 is 15.7 Å². The number of carbonyl (C=O) groups is 1. The van der Waals surface area contributed by atoms with Crippen molar-refractivity contribution in [2.24, 2.45) is 0 Å². The first kappa shape index (κ1) is 21.5. The van der Waals surface area contributed by atoms with Gasteiger partial charge >= 0.3 is 0 Å². The molecule has 0 aliphatic rings. The fraction of sp³-hybridized carbons (Fsp3) is 0.120. The molecule has 32 heavy (non-hydrogen) atoms. The normalized spacial score (nSPS) is 12.3. The van der Waals surface area contributed by atoms with Gasteiger partial charge in [-0.25, -0.2) is 13.4 Å². The van der Waals surface area contributed by atoms with E-state index in [4.69, 9.17) is 4.42 Å². The largest absolute Gasteiger partial charge is 0.436 e. The molecule has 1 atom stereocenters. The Balaban J connectivity index is 1.56. The van der Waals surface area contributed by atoms with Crippen LogP contribution in [0.4, 0.5) is 0 Å². The van der Waals surface area contributed by atoms with Gasteiger partial charge in [0.2, 0.25) is 5.89 Å². The third kappa shape index (κ3) is 4.63. The maximum atomic E-state index is 13.0. The summed E-state index contributed by atoms with van der Waals surface area (Å²) in [6, 6.07) is 22.9. The Morgan fingerprint density at radius 1 is 0.938 bits per heavy atom. The van der Waals surface area contributed by atoms with E-state index >= 15 is 0 Å². The molecule has 1 unspecified atom stereocenters. The second-order valence-corrected chi connectivity index (χ2v) is 9.49. The van der Waals surface area contributed by atoms with E-state index in [1.54, 1.807) is 48.7 Å². The van der Waals surface area contributed by atoms with Crippen molar-refractivity contribution in [2.75, 3.05) is 6.26 Å². The zero-order chi connectivity index (χ0) is 22.7. The summed E-state index contributed by atoms with van der Waals surface area (Å²) in [4.78, 5) is 17.7. The van der Waals surface area contributed by atoms with Gasteiger partial charge < -0.3 is 9.73 Å². The van der Waals surface area contributed by atoms with Gasteiger partial charge in [0.05, 0.1) is 22.7 Å². The molecule has 0 fully saturated rings. The van der Waals surface area contributed by atoms with Crippen LogP contribution in [0.1, 0.15) is 28.9 Å². The van der Waals surface area contributed by atoms with E-state index in [2.05, 4.69) is 10.3 Å². The van der Waals surface area contributed by atoms with Gasteiger partial charge in [0.1, 0.15) is 0 Å². The zero-order valence-electron chi connectivity index (χ0n) is 17.6. The van der Waals surface area contributed by atoms with E-state index in [0.717, 1.165) is 17.4 Å². The van der Waals surface area contributed by atoms with E-state index < -0.39 is 9.84 Å². The lowest BCUT2D eigenvalue weighted by molar-refractivity contribution is 0.0940. The second kappa shape index (κ2) is 8.80. The van der Waals surface area contributed by atoms with Gasteiger partial charge in [0.25, 0.3) is 5.91 Å². The van der Waals surface area contributed by atoms with Gasteiger partial charge in [0.15, 0.2) is 15.6 Å². The maximum absolute atomic E-state index is 13.0. The molecule has 162 valence electrons. The molecule has 6 nitrogen and oxygen atoms in total. The Morgan fingerprint density at radius 2 is 1.59 bits per heavy atom. The average molecular weight is 447 g/mol. The molecule has 7 heteroatoms. The van der Waals surface area contributed by atoms with Crippen LogP contribution < -0.4 is 5.32 Å². The summed E-state index contributed by atoms with van der Waals surface area (Å²) in [7, 11) is -3.27. The molecule has 4 aromatic rings. The highest BCUT2D eigenvalue weighted by molar-refractivity contribution is 7.90. The molecule has 1 N–H and O–H groups in total. The van der Waals surface area contributed by atoms with Crippen LogP contribution in [0.5, 0.6) is 0 Å². The first-order valence-electron chi connectivity index (χ1n) is 10.0. The maximum Gasteiger partial charge on any atom is 0.252 e. The summed E-state index contributed by atoms with van der Waals surface area (Å²) >= 11 is 0. The van der Waals surface area contributed by atoms with Gasteiger partial charge in [-0.1, -0.05) is 54.6 Å². The van der Waals surface area contributed by atoms with Crippen molar-refractivity contribution in [3.8, 4) is 22.8 Å². The molecular formula is C25H22N2O4S. The summed E-state index contributed by atoms with van der Waals surface area (Å²) in [5.74, 6) is 0.703. The van der Waals surface area contributed by atoms with Gasteiger partial charge in [-0.15, -0.1) is 0 Å². The van der Waals surface area contributed by atoms with Crippen molar-refractivity contribution in [2.45, 2.75) is 17.9 Å². The smallest absolute Gasteiger partial charge is 0.252 e. The Hall–Kier alpha value is -3.71. The molecule has 1 amide bonds. The summed E-state index contributed by atoms with van der Waals surface area (Å²) in [5.41, 5.74) is 2.73. The summed E-state index contributed by atoms with van der Waals surface area (Å²) in [6.07, 6.45) is 2.81. The Bertz CT molecular complexity index is 1340. The monoisotopic (exact) mass is 446 g/mol. The quantitative estimate of drug-likeness (QED) is 0.455. The Labute approximate surface area is 186 Å². The molecule has 3 aromatic carbocycles. The molecule has 0 aliphatic heterocycles. The minimum Gasteiger partial charge on any atom is -0.436 e. The lowest BCUT2D eigenvalue weighted by Crippen LogP contribution is -2.27. The van der Waals surface area contributed by atoms with Crippen LogP contribution in [0.15, 0.2) is 94.4 Å². The topological polar surface area (TPSA) is 89.3 Å². The van der Waals surface area contributed by atoms with Crippen LogP contribution in [-0.2, 0) is 9.84 Å². The summed E-state index contributed by atoms with van der Waals surface area (Å²) < 4.78 is 29.2. The number of carbonyl (C=O) groups excluding carboxylic acids is 1. The van der Waals surface area contributed by atoms with Gasteiger partial charge in [-0.3, -0.25) is 4.79 Å². The van der Waals surface area contributed by atoms with E-state index in [-0.39, 0.29) is 16.8 Å². The fourth-order valence-electron chi connectivity index (χ4n) is 3.36. The first-order chi connectivity index (χ1) is 15.3. The first-order valence-corrected chi connectivity index (χ1v) is 11.9. The number of benzene rings is 3. The number of nitrogens with one attached hydrogen (secondary N) is 1. The van der Waals surface area contributed by atoms with Gasteiger partial charge in [-0.05, 0) is 36.8 Å². The SMILES string of the molecule is CC(NC(=O)c1ccccc1-c1ncc(-c2ccccc2)o1)c1ccc(S(C)(=O)=O)cc1. The Morgan fingerprint density at radius 3 is 2.28 bits per heavy atom. The number of aromatic nitrogens is 1. The van der Waals surface area contributed by atoms with Crippen molar-refractivity contribution < 1.29 is 17.6 Å². The molecule has 0 bridgehead atoms. The highest BCUT2D eigenvalue weighted by Gasteiger charge is 2.19. The van der Waals surface area contributed by atoms with Gasteiger partial charge in [0, 0.05) is 17.4 Å². The van der Waals surface area contributed by atoms with Gasteiger partial charge in [-0.2, -0.15) is 0 Å². The van der Waals surface area contributed by atoms with Crippen LogP contribution in [0.2, 0.25) is 0 Å². The average Bonchev–Trinajstić information content (AvgIpc) is 3.29. The standard InChI is InChI=1S/C25H22N2O4S/c1-17(18-12-14-20(15-13-18)32(2,29)30)27-24(28)21-10-6-7-11-22(21)25-26-16-23(31-25)19-8-4-3-5-9-19/h3-17H,1-2H3,(H,27,28). The summed E-state index contributed by atoms with van der Waals surface area (Å²) in [6.45, 7) is 1.84. The number of sulfone groups is 1. The lowest BCUT2D eigenvalue weighted by atomic mass is 10.0. The number of oxazole rings is 1. The molecule has 0 saturated carbocycles. The van der Waals surface area contributed by atoms with Crippen LogP contribution in [0.3, 0.4) is 0 Å². The molecule has 1 aromatic heterocycles. The number of rotatable bonds is 6. The predicted molar refractivity (Wildman–Crippen MR) is 123 cm³/mol. The fourth-order valence-corrected chi connectivity index (χ4v) is 3.99. The van der Waals surface area contributed by atoms with E-state index in [9.17, 15) is 13.2 Å². The van der Waals surface area contributed by atoms with E-state index in [1.807, 2.05) is 43.3 Å². The lowest BCUT2D eigenvalue weighted by Gasteiger charge is -2.16. The second-order valence-electron chi connectivity index (χ2n) is 7.48. The van der Waals surface area contributed by atoms with Crippen molar-refractivity contribution in [1.29, 1.82) is 0 Å². The number of hydrogen-bond acceptors (Lipinski definition) is 5. The molecular weight excluding hydrogens is 424 g/mol. The number of hydrogen-bond donors (Lipinski definition) is 1. The van der Waals surface area contributed by atoms with E-state index in [0.29, 0.717) is 22.8 Å². The van der Waals surface area contributed by atoms with Crippen LogP contribution in [-0.4, -0.2) is 25.6 Å². The molecule has 0 radical (unpaired) electrons. The molecule has 0 saturated heterocycles. The molecule has 4 rings (SSSR count). The summed E-state index contributed by atoms with van der Waals surface area (Å²) in [5, 5.41) is 2.96. The highest BCUT2D eigenvalue weighted by Crippen LogP contribution is 2.28. The van der Waals surface area contributed by atoms with Crippen molar-refractivity contribution in [1.82, 2.24) is 10.3 Å². The minimum absolute atomic E-state index is 0.239. The third-order valence-corrected chi connectivity index (χ3v) is 6.25.